The number of rotatable bonds is 9. The normalized spacial score (nSPS) is 19.0. The minimum absolute atomic E-state index is 0.278. The Bertz CT molecular complexity index is 1180. The molecule has 1 saturated carbocycles. The summed E-state index contributed by atoms with van der Waals surface area (Å²) in [4.78, 5) is 6.62. The molecule has 11 heteroatoms. The Morgan fingerprint density at radius 2 is 2.00 bits per heavy atom. The molecule has 4 rings (SSSR count). The molecule has 0 aliphatic heterocycles. The van der Waals surface area contributed by atoms with E-state index in [0.717, 1.165) is 22.7 Å². The van der Waals surface area contributed by atoms with Crippen LogP contribution >= 0.6 is 11.3 Å². The second kappa shape index (κ2) is 8.80. The monoisotopic (exact) mass is 476 g/mol. The molecule has 0 bridgehead atoms. The Kier molecular flexibility index (Phi) is 6.24. The molecule has 1 fully saturated rings. The Hall–Kier alpha value is -2.50. The second-order valence-corrected chi connectivity index (χ2v) is 11.3. The Balaban J connectivity index is 1.64. The Morgan fingerprint density at radius 3 is 2.62 bits per heavy atom. The van der Waals surface area contributed by atoms with Gasteiger partial charge in [0.1, 0.15) is 11.6 Å². The van der Waals surface area contributed by atoms with Gasteiger partial charge in [-0.25, -0.2) is 13.4 Å². The van der Waals surface area contributed by atoms with Gasteiger partial charge in [0.25, 0.3) is 0 Å². The summed E-state index contributed by atoms with van der Waals surface area (Å²) in [7, 11) is -0.0553. The molecule has 0 saturated heterocycles. The van der Waals surface area contributed by atoms with Crippen molar-refractivity contribution in [2.75, 3.05) is 36.1 Å². The number of nitrogens with zero attached hydrogens (tertiary/aromatic N) is 5. The van der Waals surface area contributed by atoms with Crippen molar-refractivity contribution >= 4 is 33.0 Å². The number of sulfonamides is 1. The molecule has 172 valence electrons. The second-order valence-electron chi connectivity index (χ2n) is 8.54. The van der Waals surface area contributed by atoms with E-state index in [4.69, 9.17) is 10.2 Å². The van der Waals surface area contributed by atoms with E-state index in [1.165, 1.54) is 13.5 Å². The first-order valence-corrected chi connectivity index (χ1v) is 13.2. The van der Waals surface area contributed by atoms with Crippen LogP contribution in [0.5, 0.6) is 0 Å². The van der Waals surface area contributed by atoms with Gasteiger partial charge in [0.2, 0.25) is 21.8 Å². The summed E-state index contributed by atoms with van der Waals surface area (Å²) in [6.07, 6.45) is 2.93. The van der Waals surface area contributed by atoms with Crippen molar-refractivity contribution in [1.29, 1.82) is 0 Å². The highest BCUT2D eigenvalue weighted by molar-refractivity contribution is 7.92. The molecule has 3 unspecified atom stereocenters. The van der Waals surface area contributed by atoms with Gasteiger partial charge in [0.15, 0.2) is 0 Å². The lowest BCUT2D eigenvalue weighted by Crippen LogP contribution is -2.27. The van der Waals surface area contributed by atoms with Crippen molar-refractivity contribution in [2.45, 2.75) is 25.8 Å². The van der Waals surface area contributed by atoms with Crippen LogP contribution in [-0.2, 0) is 16.4 Å². The zero-order valence-electron chi connectivity index (χ0n) is 18.6. The molecule has 32 heavy (non-hydrogen) atoms. The van der Waals surface area contributed by atoms with Gasteiger partial charge in [0.05, 0.1) is 12.3 Å². The molecular formula is C21H28N6O3S2. The molecule has 0 aromatic carbocycles. The molecular weight excluding hydrogens is 448 g/mol. The largest absolute Gasteiger partial charge is 0.419 e. The number of nitrogens with two attached hydrogens (primary N) is 1. The third-order valence-electron chi connectivity index (χ3n) is 5.83. The molecule has 3 aromatic rings. The van der Waals surface area contributed by atoms with E-state index in [9.17, 15) is 8.42 Å². The maximum absolute atomic E-state index is 12.1. The SMILES string of the molecule is CC1CC1CN(C)c1cc(-c2nnc(C(N)Cc3ccsc3)o2)cc(N(C)S(C)(=O)=O)n1. The summed E-state index contributed by atoms with van der Waals surface area (Å²) in [5.41, 5.74) is 7.97. The van der Waals surface area contributed by atoms with Crippen LogP contribution in [0.15, 0.2) is 33.4 Å². The summed E-state index contributed by atoms with van der Waals surface area (Å²) in [6.45, 7) is 3.07. The smallest absolute Gasteiger partial charge is 0.248 e. The van der Waals surface area contributed by atoms with Crippen LogP contribution in [0.4, 0.5) is 11.6 Å². The number of pyridine rings is 1. The van der Waals surface area contributed by atoms with Gasteiger partial charge >= 0.3 is 0 Å². The van der Waals surface area contributed by atoms with Crippen LogP contribution in [0.1, 0.15) is 30.8 Å². The zero-order chi connectivity index (χ0) is 23.0. The predicted molar refractivity (Wildman–Crippen MR) is 126 cm³/mol. The minimum Gasteiger partial charge on any atom is -0.419 e. The number of hydrogen-bond acceptors (Lipinski definition) is 9. The highest BCUT2D eigenvalue weighted by Gasteiger charge is 2.33. The topological polar surface area (TPSA) is 118 Å². The summed E-state index contributed by atoms with van der Waals surface area (Å²) in [5, 5.41) is 12.3. The summed E-state index contributed by atoms with van der Waals surface area (Å²) < 4.78 is 31.3. The van der Waals surface area contributed by atoms with E-state index in [0.29, 0.717) is 35.5 Å². The van der Waals surface area contributed by atoms with Gasteiger partial charge in [-0.15, -0.1) is 10.2 Å². The maximum Gasteiger partial charge on any atom is 0.248 e. The van der Waals surface area contributed by atoms with Crippen molar-refractivity contribution < 1.29 is 12.8 Å². The number of anilines is 2. The summed E-state index contributed by atoms with van der Waals surface area (Å²) >= 11 is 1.61. The van der Waals surface area contributed by atoms with Crippen molar-refractivity contribution in [2.24, 2.45) is 17.6 Å². The third kappa shape index (κ3) is 5.11. The Morgan fingerprint density at radius 1 is 1.28 bits per heavy atom. The first kappa shape index (κ1) is 22.7. The summed E-state index contributed by atoms with van der Waals surface area (Å²) in [5.74, 6) is 2.87. The van der Waals surface area contributed by atoms with Gasteiger partial charge < -0.3 is 15.1 Å². The predicted octanol–water partition coefficient (Wildman–Crippen LogP) is 2.92. The van der Waals surface area contributed by atoms with Crippen LogP contribution < -0.4 is 14.9 Å². The van der Waals surface area contributed by atoms with E-state index < -0.39 is 16.1 Å². The quantitative estimate of drug-likeness (QED) is 0.501. The first-order valence-electron chi connectivity index (χ1n) is 10.4. The van der Waals surface area contributed by atoms with Gasteiger partial charge in [-0.1, -0.05) is 6.92 Å². The van der Waals surface area contributed by atoms with Crippen molar-refractivity contribution in [3.8, 4) is 11.5 Å². The molecule has 3 atom stereocenters. The number of aromatic nitrogens is 3. The van der Waals surface area contributed by atoms with Gasteiger partial charge in [-0.05, 0) is 59.2 Å². The van der Waals surface area contributed by atoms with Gasteiger partial charge in [-0.2, -0.15) is 11.3 Å². The lowest BCUT2D eigenvalue weighted by atomic mass is 10.1. The fraction of sp³-hybridized carbons (Fsp3) is 0.476. The van der Waals surface area contributed by atoms with E-state index in [1.807, 2.05) is 34.8 Å². The van der Waals surface area contributed by atoms with Crippen molar-refractivity contribution in [3.63, 3.8) is 0 Å². The van der Waals surface area contributed by atoms with Crippen LogP contribution in [0, 0.1) is 11.8 Å². The van der Waals surface area contributed by atoms with Crippen LogP contribution in [0.25, 0.3) is 11.5 Å². The lowest BCUT2D eigenvalue weighted by Gasteiger charge is -2.22. The van der Waals surface area contributed by atoms with Crippen molar-refractivity contribution in [3.05, 3.63) is 40.4 Å². The molecule has 2 N–H and O–H groups in total. The lowest BCUT2D eigenvalue weighted by molar-refractivity contribution is 0.457. The third-order valence-corrected chi connectivity index (χ3v) is 7.75. The molecule has 3 aromatic heterocycles. The first-order chi connectivity index (χ1) is 15.1. The molecule has 0 radical (unpaired) electrons. The molecule has 3 heterocycles. The van der Waals surface area contributed by atoms with Crippen molar-refractivity contribution in [1.82, 2.24) is 15.2 Å². The Labute approximate surface area is 192 Å². The molecule has 1 aliphatic rings. The van der Waals surface area contributed by atoms with Crippen LogP contribution in [-0.4, -0.2) is 50.5 Å². The molecule has 0 amide bonds. The zero-order valence-corrected chi connectivity index (χ0v) is 20.2. The van der Waals surface area contributed by atoms with E-state index >= 15 is 0 Å². The average Bonchev–Trinajstić information content (AvgIpc) is 3.17. The highest BCUT2D eigenvalue weighted by Crippen LogP contribution is 2.39. The van der Waals surface area contributed by atoms with E-state index in [2.05, 4.69) is 22.1 Å². The fourth-order valence-electron chi connectivity index (χ4n) is 3.50. The van der Waals surface area contributed by atoms with Gasteiger partial charge in [0, 0.05) is 26.2 Å². The number of hydrogen-bond donors (Lipinski definition) is 1. The number of thiophene rings is 1. The fourth-order valence-corrected chi connectivity index (χ4v) is 4.62. The van der Waals surface area contributed by atoms with Gasteiger partial charge in [-0.3, -0.25) is 4.31 Å². The maximum atomic E-state index is 12.1. The molecule has 1 aliphatic carbocycles. The standard InChI is InChI=1S/C21H28N6O3S2/c1-13-7-16(13)11-26(2)18-9-15(10-19(23-18)27(3)32(4,28)29)20-24-25-21(30-20)17(22)8-14-5-6-31-12-14/h5-6,9-10,12-13,16-17H,7-8,11,22H2,1-4H3. The van der Waals surface area contributed by atoms with Crippen LogP contribution in [0.2, 0.25) is 0 Å². The average molecular weight is 477 g/mol. The highest BCUT2D eigenvalue weighted by atomic mass is 32.2. The summed E-state index contributed by atoms with van der Waals surface area (Å²) in [6, 6.07) is 5.07. The molecule has 9 nitrogen and oxygen atoms in total. The minimum atomic E-state index is -3.49. The van der Waals surface area contributed by atoms with E-state index in [-0.39, 0.29) is 11.7 Å². The van der Waals surface area contributed by atoms with E-state index in [1.54, 1.807) is 17.4 Å². The molecule has 0 spiro atoms. The van der Waals surface area contributed by atoms with Crippen LogP contribution in [0.3, 0.4) is 0 Å².